The van der Waals surface area contributed by atoms with E-state index in [0.717, 1.165) is 65.7 Å². The third kappa shape index (κ3) is 10.4. The van der Waals surface area contributed by atoms with Gasteiger partial charge in [-0.1, -0.05) is 50.3 Å². The Labute approximate surface area is 297 Å². The van der Waals surface area contributed by atoms with Gasteiger partial charge in [-0.05, 0) is 96.8 Å². The van der Waals surface area contributed by atoms with Crippen molar-refractivity contribution in [3.05, 3.63) is 108 Å². The van der Waals surface area contributed by atoms with Crippen molar-refractivity contribution in [2.24, 2.45) is 0 Å². The minimum absolute atomic E-state index is 0.0638. The van der Waals surface area contributed by atoms with Gasteiger partial charge in [0.1, 0.15) is 17.6 Å². The van der Waals surface area contributed by atoms with Crippen LogP contribution in [0.2, 0.25) is 0 Å². The molecule has 5 rings (SSSR count). The van der Waals surface area contributed by atoms with Gasteiger partial charge in [-0.25, -0.2) is 14.5 Å². The highest BCUT2D eigenvalue weighted by molar-refractivity contribution is 6.28. The number of aryl methyl sites for hydroxylation is 1. The van der Waals surface area contributed by atoms with E-state index in [9.17, 15) is 24.0 Å². The van der Waals surface area contributed by atoms with Gasteiger partial charge in [0.2, 0.25) is 0 Å². The second kappa shape index (κ2) is 17.8. The molecule has 2 aliphatic rings. The topological polar surface area (TPSA) is 126 Å². The molecule has 0 saturated heterocycles. The van der Waals surface area contributed by atoms with Crippen molar-refractivity contribution in [2.45, 2.75) is 64.4 Å². The first kappa shape index (κ1) is 36.5. The van der Waals surface area contributed by atoms with Crippen LogP contribution in [0, 0.1) is 0 Å². The van der Waals surface area contributed by atoms with Gasteiger partial charge in [0.15, 0.2) is 0 Å². The molecule has 0 spiro atoms. The number of carbonyl (C=O) groups excluding carboxylic acids is 5. The van der Waals surface area contributed by atoms with E-state index >= 15 is 0 Å². The maximum Gasteiger partial charge on any atom is 0.336 e. The highest BCUT2D eigenvalue weighted by atomic mass is 16.5. The summed E-state index contributed by atoms with van der Waals surface area (Å²) < 4.78 is 21.9. The number of imide groups is 1. The number of hydrogen-bond donors (Lipinski definition) is 0. The Kier molecular flexibility index (Phi) is 12.7. The second-order valence-electron chi connectivity index (χ2n) is 12.3. The SMILES string of the molecule is C=C(CC(=O)OC1CCCCC1)C(=O)OCCCOc1ccc(-c2ccc(/C=C/C(=O)Oc3ccc(N4C(=O)C=CC4=O)cc3)c(CC)c2)cc1. The Morgan fingerprint density at radius 2 is 1.51 bits per heavy atom. The maximum absolute atomic E-state index is 12.5. The fourth-order valence-electron chi connectivity index (χ4n) is 5.80. The Morgan fingerprint density at radius 1 is 0.843 bits per heavy atom. The summed E-state index contributed by atoms with van der Waals surface area (Å²) in [5.41, 5.74) is 4.42. The van der Waals surface area contributed by atoms with Crippen LogP contribution in [-0.4, -0.2) is 49.0 Å². The van der Waals surface area contributed by atoms with Crippen LogP contribution in [-0.2, 0) is 39.9 Å². The molecule has 1 fully saturated rings. The monoisotopic (exact) mass is 691 g/mol. The molecule has 0 N–H and O–H groups in total. The molecule has 1 heterocycles. The highest BCUT2D eigenvalue weighted by Crippen LogP contribution is 2.27. The molecule has 0 aromatic heterocycles. The van der Waals surface area contributed by atoms with E-state index in [0.29, 0.717) is 24.5 Å². The third-order valence-electron chi connectivity index (χ3n) is 8.52. The lowest BCUT2D eigenvalue weighted by atomic mass is 9.97. The Balaban J connectivity index is 1.04. The van der Waals surface area contributed by atoms with E-state index in [1.807, 2.05) is 43.3 Å². The Hall–Kier alpha value is -5.77. The van der Waals surface area contributed by atoms with E-state index < -0.39 is 29.7 Å². The number of anilines is 1. The molecular weight excluding hydrogens is 650 g/mol. The highest BCUT2D eigenvalue weighted by Gasteiger charge is 2.25. The molecule has 3 aromatic carbocycles. The van der Waals surface area contributed by atoms with Gasteiger partial charge in [-0.2, -0.15) is 0 Å². The van der Waals surface area contributed by atoms with Gasteiger partial charge >= 0.3 is 17.9 Å². The Morgan fingerprint density at radius 3 is 2.20 bits per heavy atom. The smallest absolute Gasteiger partial charge is 0.336 e. The molecule has 0 bridgehead atoms. The zero-order valence-corrected chi connectivity index (χ0v) is 28.6. The zero-order chi connectivity index (χ0) is 36.2. The molecule has 0 unspecified atom stereocenters. The van der Waals surface area contributed by atoms with E-state index in [1.165, 1.54) is 30.4 Å². The van der Waals surface area contributed by atoms with Crippen LogP contribution in [0.15, 0.2) is 97.1 Å². The molecule has 0 radical (unpaired) electrons. The Bertz CT molecular complexity index is 1800. The number of ether oxygens (including phenoxy) is 4. The summed E-state index contributed by atoms with van der Waals surface area (Å²) in [5.74, 6) is -1.48. The summed E-state index contributed by atoms with van der Waals surface area (Å²) in [4.78, 5) is 61.6. The van der Waals surface area contributed by atoms with Crippen molar-refractivity contribution in [1.29, 1.82) is 0 Å². The number of nitrogens with zero attached hydrogens (tertiary/aromatic N) is 1. The normalized spacial score (nSPS) is 14.5. The van der Waals surface area contributed by atoms with Gasteiger partial charge in [0.25, 0.3) is 11.8 Å². The van der Waals surface area contributed by atoms with E-state index in [-0.39, 0.29) is 30.5 Å². The van der Waals surface area contributed by atoms with Crippen molar-refractivity contribution < 1.29 is 42.9 Å². The predicted molar refractivity (Wildman–Crippen MR) is 192 cm³/mol. The summed E-state index contributed by atoms with van der Waals surface area (Å²) in [6, 6.07) is 19.8. The van der Waals surface area contributed by atoms with E-state index in [1.54, 1.807) is 18.2 Å². The minimum atomic E-state index is -0.606. The summed E-state index contributed by atoms with van der Waals surface area (Å²) >= 11 is 0. The number of rotatable bonds is 15. The summed E-state index contributed by atoms with van der Waals surface area (Å²) in [6.07, 6.45) is 11.5. The average Bonchev–Trinajstić information content (AvgIpc) is 3.48. The molecular formula is C41H41NO9. The van der Waals surface area contributed by atoms with Crippen LogP contribution in [0.5, 0.6) is 11.5 Å². The third-order valence-corrected chi connectivity index (χ3v) is 8.52. The van der Waals surface area contributed by atoms with Crippen molar-refractivity contribution in [1.82, 2.24) is 0 Å². The molecule has 1 aliphatic heterocycles. The first-order valence-electron chi connectivity index (χ1n) is 17.2. The number of hydrogen-bond acceptors (Lipinski definition) is 9. The van der Waals surface area contributed by atoms with Crippen LogP contribution in [0.4, 0.5) is 5.69 Å². The quantitative estimate of drug-likeness (QED) is 0.0540. The van der Waals surface area contributed by atoms with Crippen molar-refractivity contribution in [2.75, 3.05) is 18.1 Å². The summed E-state index contributed by atoms with van der Waals surface area (Å²) in [5, 5.41) is 0. The predicted octanol–water partition coefficient (Wildman–Crippen LogP) is 7.10. The van der Waals surface area contributed by atoms with Crippen LogP contribution >= 0.6 is 0 Å². The molecule has 10 heteroatoms. The number of amides is 2. The zero-order valence-electron chi connectivity index (χ0n) is 28.6. The molecule has 1 saturated carbocycles. The summed E-state index contributed by atoms with van der Waals surface area (Å²) in [6.45, 7) is 6.21. The van der Waals surface area contributed by atoms with Gasteiger partial charge in [0, 0.05) is 30.2 Å². The van der Waals surface area contributed by atoms with E-state index in [2.05, 4.69) is 12.6 Å². The van der Waals surface area contributed by atoms with Crippen molar-refractivity contribution in [3.63, 3.8) is 0 Å². The van der Waals surface area contributed by atoms with Gasteiger partial charge in [-0.15, -0.1) is 0 Å². The average molecular weight is 692 g/mol. The van der Waals surface area contributed by atoms with Crippen molar-refractivity contribution in [3.8, 4) is 22.6 Å². The first-order chi connectivity index (χ1) is 24.7. The lowest BCUT2D eigenvalue weighted by Crippen LogP contribution is -2.29. The van der Waals surface area contributed by atoms with Gasteiger partial charge in [0.05, 0.1) is 25.3 Å². The maximum atomic E-state index is 12.5. The van der Waals surface area contributed by atoms with Crippen LogP contribution in [0.3, 0.4) is 0 Å². The second-order valence-corrected chi connectivity index (χ2v) is 12.3. The minimum Gasteiger partial charge on any atom is -0.493 e. The van der Waals surface area contributed by atoms with Gasteiger partial charge in [-0.3, -0.25) is 14.4 Å². The molecule has 51 heavy (non-hydrogen) atoms. The first-order valence-corrected chi connectivity index (χ1v) is 17.2. The number of esters is 3. The van der Waals surface area contributed by atoms with Gasteiger partial charge < -0.3 is 18.9 Å². The van der Waals surface area contributed by atoms with E-state index in [4.69, 9.17) is 18.9 Å². The fourth-order valence-corrected chi connectivity index (χ4v) is 5.80. The van der Waals surface area contributed by atoms with Crippen molar-refractivity contribution >= 4 is 41.5 Å². The fraction of sp³-hybridized carbons (Fsp3) is 0.293. The molecule has 0 atom stereocenters. The molecule has 10 nitrogen and oxygen atoms in total. The van der Waals surface area contributed by atoms with Crippen LogP contribution in [0.25, 0.3) is 17.2 Å². The number of carbonyl (C=O) groups is 5. The molecule has 264 valence electrons. The van der Waals surface area contributed by atoms with Crippen LogP contribution < -0.4 is 14.4 Å². The lowest BCUT2D eigenvalue weighted by molar-refractivity contribution is -0.151. The summed E-state index contributed by atoms with van der Waals surface area (Å²) in [7, 11) is 0. The van der Waals surface area contributed by atoms with Crippen LogP contribution in [0.1, 0.15) is 63.0 Å². The lowest BCUT2D eigenvalue weighted by Gasteiger charge is -2.21. The largest absolute Gasteiger partial charge is 0.493 e. The molecule has 1 aliphatic carbocycles. The standard InChI is InChI=1S/C41H41NO9/c1-3-29-27-32(11-10-30(29)14-23-39(45)50-36-19-15-33(16-20-36)42-37(43)21-22-38(42)44)31-12-17-34(18-13-31)48-24-7-25-49-41(47)28(2)26-40(46)51-35-8-5-4-6-9-35/h10-23,27,35H,2-9,24-26H2,1H3/b23-14+. The molecule has 3 aromatic rings. The molecule has 2 amide bonds. The number of benzene rings is 3.